The predicted octanol–water partition coefficient (Wildman–Crippen LogP) is 1.50. The molecule has 0 aliphatic heterocycles. The summed E-state index contributed by atoms with van der Waals surface area (Å²) in [5, 5.41) is 24.8. The van der Waals surface area contributed by atoms with Gasteiger partial charge in [-0.15, -0.1) is 0 Å². The standard InChI is InChI=1S/C15H17N7O6/c1-28-8-2-7-16-13-12(22(26)27)14(18-9-17-13)19-20-15(23)10-3-5-11(6-4-10)21(24)25/h3-6,9H,2,7-8H2,1H3,(H,20,23)(H2,16,17,18,19). The third-order valence-electron chi connectivity index (χ3n) is 3.46. The number of non-ortho nitro benzene ring substituents is 1. The van der Waals surface area contributed by atoms with E-state index in [0.29, 0.717) is 19.6 Å². The highest BCUT2D eigenvalue weighted by Crippen LogP contribution is 2.28. The zero-order chi connectivity index (χ0) is 20.5. The van der Waals surface area contributed by atoms with Crippen molar-refractivity contribution in [3.63, 3.8) is 0 Å². The molecule has 0 aliphatic rings. The van der Waals surface area contributed by atoms with Crippen LogP contribution in [0.1, 0.15) is 16.8 Å². The molecule has 1 heterocycles. The lowest BCUT2D eigenvalue weighted by atomic mass is 10.2. The maximum absolute atomic E-state index is 12.1. The van der Waals surface area contributed by atoms with Crippen LogP contribution < -0.4 is 16.2 Å². The lowest BCUT2D eigenvalue weighted by Gasteiger charge is -2.10. The summed E-state index contributed by atoms with van der Waals surface area (Å²) in [6.45, 7) is 0.864. The Hall–Kier alpha value is -3.87. The van der Waals surface area contributed by atoms with Crippen molar-refractivity contribution < 1.29 is 19.4 Å². The highest BCUT2D eigenvalue weighted by molar-refractivity contribution is 5.95. The van der Waals surface area contributed by atoms with E-state index in [1.165, 1.54) is 24.3 Å². The number of hydrogen-bond acceptors (Lipinski definition) is 10. The molecule has 2 aromatic rings. The summed E-state index contributed by atoms with van der Waals surface area (Å²) in [5.41, 5.74) is 4.15. The highest BCUT2D eigenvalue weighted by atomic mass is 16.6. The molecule has 13 heteroatoms. The molecule has 0 aliphatic carbocycles. The van der Waals surface area contributed by atoms with Crippen molar-refractivity contribution >= 4 is 28.9 Å². The van der Waals surface area contributed by atoms with E-state index in [2.05, 4.69) is 26.1 Å². The minimum atomic E-state index is -0.682. The largest absolute Gasteiger partial charge is 0.385 e. The lowest BCUT2D eigenvalue weighted by molar-refractivity contribution is -0.384. The monoisotopic (exact) mass is 391 g/mol. The SMILES string of the molecule is COCCCNc1ncnc(NNC(=O)c2ccc([N+](=O)[O-])cc2)c1[N+](=O)[O-]. The summed E-state index contributed by atoms with van der Waals surface area (Å²) in [4.78, 5) is 40.5. The van der Waals surface area contributed by atoms with Gasteiger partial charge in [0.25, 0.3) is 11.6 Å². The van der Waals surface area contributed by atoms with Crippen molar-refractivity contribution in [2.75, 3.05) is 31.0 Å². The van der Waals surface area contributed by atoms with Gasteiger partial charge in [0.05, 0.1) is 9.85 Å². The van der Waals surface area contributed by atoms with E-state index in [-0.39, 0.29) is 22.9 Å². The van der Waals surface area contributed by atoms with E-state index < -0.39 is 21.4 Å². The molecule has 148 valence electrons. The maximum atomic E-state index is 12.1. The molecular weight excluding hydrogens is 374 g/mol. The van der Waals surface area contributed by atoms with Crippen LogP contribution in [0.25, 0.3) is 0 Å². The molecule has 28 heavy (non-hydrogen) atoms. The summed E-state index contributed by atoms with van der Waals surface area (Å²) >= 11 is 0. The van der Waals surface area contributed by atoms with Gasteiger partial charge >= 0.3 is 5.69 Å². The highest BCUT2D eigenvalue weighted by Gasteiger charge is 2.23. The number of nitro groups is 2. The molecular formula is C15H17N7O6. The Morgan fingerprint density at radius 3 is 2.39 bits per heavy atom. The molecule has 2 rings (SSSR count). The van der Waals surface area contributed by atoms with E-state index in [9.17, 15) is 25.0 Å². The second-order valence-corrected chi connectivity index (χ2v) is 5.33. The molecule has 1 aromatic carbocycles. The first-order chi connectivity index (χ1) is 13.4. The second kappa shape index (κ2) is 9.72. The molecule has 0 radical (unpaired) electrons. The molecule has 1 aromatic heterocycles. The van der Waals surface area contributed by atoms with Gasteiger partial charge in [-0.05, 0) is 18.6 Å². The number of hydrogen-bond donors (Lipinski definition) is 3. The van der Waals surface area contributed by atoms with E-state index in [0.717, 1.165) is 6.33 Å². The Balaban J connectivity index is 2.09. The number of hydrazine groups is 1. The Morgan fingerprint density at radius 1 is 1.11 bits per heavy atom. The summed E-state index contributed by atoms with van der Waals surface area (Å²) in [5.74, 6) is -0.884. The van der Waals surface area contributed by atoms with E-state index in [1.54, 1.807) is 7.11 Å². The first-order valence-electron chi connectivity index (χ1n) is 7.97. The first kappa shape index (κ1) is 20.4. The summed E-state index contributed by atoms with van der Waals surface area (Å²) in [6.07, 6.45) is 1.71. The van der Waals surface area contributed by atoms with E-state index in [1.807, 2.05) is 0 Å². The van der Waals surface area contributed by atoms with Gasteiger partial charge in [-0.25, -0.2) is 9.97 Å². The van der Waals surface area contributed by atoms with E-state index in [4.69, 9.17) is 4.74 Å². The molecule has 3 N–H and O–H groups in total. The molecule has 0 saturated carbocycles. The van der Waals surface area contributed by atoms with Crippen molar-refractivity contribution in [3.8, 4) is 0 Å². The predicted molar refractivity (Wildman–Crippen MR) is 97.9 cm³/mol. The van der Waals surface area contributed by atoms with Crippen molar-refractivity contribution in [1.29, 1.82) is 0 Å². The molecule has 0 fully saturated rings. The fourth-order valence-corrected chi connectivity index (χ4v) is 2.12. The molecule has 0 atom stereocenters. The summed E-state index contributed by atoms with van der Waals surface area (Å²) in [6, 6.07) is 4.85. The van der Waals surface area contributed by atoms with Gasteiger partial charge in [0.2, 0.25) is 11.6 Å². The van der Waals surface area contributed by atoms with Crippen LogP contribution in [0.4, 0.5) is 23.0 Å². The Bertz CT molecular complexity index is 858. The van der Waals surface area contributed by atoms with Gasteiger partial charge in [0.15, 0.2) is 0 Å². The van der Waals surface area contributed by atoms with Crippen molar-refractivity contribution in [3.05, 3.63) is 56.4 Å². The number of rotatable bonds is 10. The van der Waals surface area contributed by atoms with Crippen LogP contribution in [0.3, 0.4) is 0 Å². The van der Waals surface area contributed by atoms with Gasteiger partial charge in [-0.3, -0.25) is 35.9 Å². The Kier molecular flexibility index (Phi) is 7.10. The quantitative estimate of drug-likeness (QED) is 0.306. The number of nitro benzene ring substituents is 1. The van der Waals surface area contributed by atoms with Crippen LogP contribution in [-0.4, -0.2) is 46.0 Å². The van der Waals surface area contributed by atoms with Crippen molar-refractivity contribution in [2.24, 2.45) is 0 Å². The average molecular weight is 391 g/mol. The average Bonchev–Trinajstić information content (AvgIpc) is 2.69. The summed E-state index contributed by atoms with van der Waals surface area (Å²) in [7, 11) is 1.54. The Morgan fingerprint density at radius 2 is 1.79 bits per heavy atom. The number of amides is 1. The number of aromatic nitrogens is 2. The van der Waals surface area contributed by atoms with Gasteiger partial charge in [-0.2, -0.15) is 0 Å². The number of anilines is 2. The van der Waals surface area contributed by atoms with Gasteiger partial charge in [-0.1, -0.05) is 0 Å². The third kappa shape index (κ3) is 5.31. The van der Waals surface area contributed by atoms with Gasteiger partial charge < -0.3 is 10.1 Å². The number of nitrogens with one attached hydrogen (secondary N) is 3. The minimum Gasteiger partial charge on any atom is -0.385 e. The maximum Gasteiger partial charge on any atom is 0.354 e. The molecule has 0 saturated heterocycles. The molecule has 13 nitrogen and oxygen atoms in total. The van der Waals surface area contributed by atoms with Crippen molar-refractivity contribution in [1.82, 2.24) is 15.4 Å². The number of carbonyl (C=O) groups is 1. The van der Waals surface area contributed by atoms with Crippen LogP contribution in [0.5, 0.6) is 0 Å². The topological polar surface area (TPSA) is 174 Å². The lowest BCUT2D eigenvalue weighted by Crippen LogP contribution is -2.30. The summed E-state index contributed by atoms with van der Waals surface area (Å²) < 4.78 is 4.90. The van der Waals surface area contributed by atoms with Crippen LogP contribution >= 0.6 is 0 Å². The minimum absolute atomic E-state index is 0.0109. The zero-order valence-corrected chi connectivity index (χ0v) is 14.7. The number of methoxy groups -OCH3 is 1. The molecule has 0 unspecified atom stereocenters. The fourth-order valence-electron chi connectivity index (χ4n) is 2.12. The first-order valence-corrected chi connectivity index (χ1v) is 7.97. The smallest absolute Gasteiger partial charge is 0.354 e. The molecule has 1 amide bonds. The van der Waals surface area contributed by atoms with Crippen LogP contribution in [-0.2, 0) is 4.74 Å². The zero-order valence-electron chi connectivity index (χ0n) is 14.7. The number of carbonyl (C=O) groups excluding carboxylic acids is 1. The van der Waals surface area contributed by atoms with Crippen molar-refractivity contribution in [2.45, 2.75) is 6.42 Å². The van der Waals surface area contributed by atoms with Gasteiger partial charge in [0, 0.05) is 38.0 Å². The number of nitrogens with zero attached hydrogens (tertiary/aromatic N) is 4. The number of ether oxygens (including phenoxy) is 1. The molecule has 0 spiro atoms. The fraction of sp³-hybridized carbons (Fsp3) is 0.267. The van der Waals surface area contributed by atoms with Gasteiger partial charge in [0.1, 0.15) is 6.33 Å². The van der Waals surface area contributed by atoms with Crippen LogP contribution in [0.2, 0.25) is 0 Å². The number of benzene rings is 1. The van der Waals surface area contributed by atoms with E-state index >= 15 is 0 Å². The third-order valence-corrected chi connectivity index (χ3v) is 3.46. The second-order valence-electron chi connectivity index (χ2n) is 5.33. The normalized spacial score (nSPS) is 10.2. The van der Waals surface area contributed by atoms with Crippen LogP contribution in [0, 0.1) is 20.2 Å². The molecule has 0 bridgehead atoms. The van der Waals surface area contributed by atoms with Crippen LogP contribution in [0.15, 0.2) is 30.6 Å². The Labute approximate surface area is 158 Å².